The average Bonchev–Trinajstić information content (AvgIpc) is 2.39. The lowest BCUT2D eigenvalue weighted by molar-refractivity contribution is -0.131. The van der Waals surface area contributed by atoms with Crippen LogP contribution in [0.15, 0.2) is 30.3 Å². The van der Waals surface area contributed by atoms with Gasteiger partial charge in [0.1, 0.15) is 5.75 Å². The fourth-order valence-electron chi connectivity index (χ4n) is 2.10. The molecule has 19 heavy (non-hydrogen) atoms. The molecule has 1 atom stereocenters. The maximum atomic E-state index is 10.7. The first-order valence-corrected chi connectivity index (χ1v) is 6.45. The van der Waals surface area contributed by atoms with Crippen molar-refractivity contribution in [3.05, 3.63) is 35.9 Å². The van der Waals surface area contributed by atoms with Gasteiger partial charge in [-0.2, -0.15) is 0 Å². The van der Waals surface area contributed by atoms with Crippen molar-refractivity contribution in [2.45, 2.75) is 32.5 Å². The van der Waals surface area contributed by atoms with Gasteiger partial charge in [0.05, 0.1) is 6.61 Å². The van der Waals surface area contributed by atoms with Crippen LogP contribution in [0.25, 0.3) is 5.57 Å². The number of carboxylic acids is 1. The maximum absolute atomic E-state index is 10.7. The number of aliphatic carboxylic acids is 1. The number of carboxylic acid groups (broad SMARTS) is 1. The zero-order chi connectivity index (χ0) is 13.7. The van der Waals surface area contributed by atoms with Crippen LogP contribution in [-0.4, -0.2) is 24.0 Å². The smallest absolute Gasteiger partial charge is 0.328 e. The predicted molar refractivity (Wildman–Crippen MR) is 71.9 cm³/mol. The topological polar surface area (TPSA) is 55.8 Å². The molecule has 1 aromatic carbocycles. The summed E-state index contributed by atoms with van der Waals surface area (Å²) in [4.78, 5) is 10.7. The van der Waals surface area contributed by atoms with Crippen molar-refractivity contribution in [2.75, 3.05) is 6.61 Å². The number of hydrogen-bond acceptors (Lipinski definition) is 3. The first-order valence-electron chi connectivity index (χ1n) is 6.45. The van der Waals surface area contributed by atoms with Crippen molar-refractivity contribution >= 4 is 11.5 Å². The number of hydrogen-bond donors (Lipinski definition) is 1. The molecule has 0 saturated carbocycles. The Hall–Kier alpha value is -1.81. The van der Waals surface area contributed by atoms with Crippen molar-refractivity contribution in [3.8, 4) is 5.75 Å². The lowest BCUT2D eigenvalue weighted by atomic mass is 10.1. The second kappa shape index (κ2) is 6.38. The SMILES string of the molecule is CC(=CC(=O)O)c1ccccc1OC1CCCCO1. The van der Waals surface area contributed by atoms with Crippen LogP contribution < -0.4 is 4.74 Å². The van der Waals surface area contributed by atoms with E-state index in [9.17, 15) is 4.79 Å². The summed E-state index contributed by atoms with van der Waals surface area (Å²) in [5, 5.41) is 8.82. The monoisotopic (exact) mass is 262 g/mol. The Morgan fingerprint density at radius 1 is 1.42 bits per heavy atom. The molecule has 1 saturated heterocycles. The molecule has 0 amide bonds. The van der Waals surface area contributed by atoms with Crippen LogP contribution in [0.1, 0.15) is 31.7 Å². The molecule has 1 aliphatic rings. The lowest BCUT2D eigenvalue weighted by Gasteiger charge is -2.24. The highest BCUT2D eigenvalue weighted by Crippen LogP contribution is 2.28. The minimum Gasteiger partial charge on any atom is -0.478 e. The molecule has 0 spiro atoms. The molecule has 4 heteroatoms. The Kier molecular flexibility index (Phi) is 4.58. The molecule has 0 radical (unpaired) electrons. The van der Waals surface area contributed by atoms with Gasteiger partial charge in [-0.1, -0.05) is 18.2 Å². The van der Waals surface area contributed by atoms with Crippen LogP contribution in [0.4, 0.5) is 0 Å². The average molecular weight is 262 g/mol. The van der Waals surface area contributed by atoms with Gasteiger partial charge >= 0.3 is 5.97 Å². The van der Waals surface area contributed by atoms with Crippen LogP contribution >= 0.6 is 0 Å². The Labute approximate surface area is 112 Å². The fourth-order valence-corrected chi connectivity index (χ4v) is 2.10. The molecule has 102 valence electrons. The van der Waals surface area contributed by atoms with Gasteiger partial charge in [0.2, 0.25) is 0 Å². The number of ether oxygens (including phenoxy) is 2. The Morgan fingerprint density at radius 2 is 2.21 bits per heavy atom. The van der Waals surface area contributed by atoms with Crippen LogP contribution in [0.5, 0.6) is 5.75 Å². The first-order chi connectivity index (χ1) is 9.16. The summed E-state index contributed by atoms with van der Waals surface area (Å²) in [6.45, 7) is 2.48. The van der Waals surface area contributed by atoms with E-state index in [0.717, 1.165) is 31.4 Å². The quantitative estimate of drug-likeness (QED) is 0.847. The number of rotatable bonds is 4. The molecule has 0 aromatic heterocycles. The van der Waals surface area contributed by atoms with Crippen LogP contribution in [-0.2, 0) is 9.53 Å². The lowest BCUT2D eigenvalue weighted by Crippen LogP contribution is -2.25. The molecule has 1 aromatic rings. The number of benzene rings is 1. The summed E-state index contributed by atoms with van der Waals surface area (Å²) in [7, 11) is 0. The molecule has 1 N–H and O–H groups in total. The minimum atomic E-state index is -0.957. The predicted octanol–water partition coefficient (Wildman–Crippen LogP) is 3.08. The largest absolute Gasteiger partial charge is 0.478 e. The Balaban J connectivity index is 2.18. The first kappa shape index (κ1) is 13.6. The number of allylic oxidation sites excluding steroid dienone is 1. The van der Waals surface area contributed by atoms with Crippen LogP contribution in [0.3, 0.4) is 0 Å². The summed E-state index contributed by atoms with van der Waals surface area (Å²) in [5.74, 6) is -0.286. The van der Waals surface area contributed by atoms with E-state index in [1.165, 1.54) is 6.08 Å². The summed E-state index contributed by atoms with van der Waals surface area (Å²) < 4.78 is 11.4. The highest BCUT2D eigenvalue weighted by Gasteiger charge is 2.17. The molecular formula is C15H18O4. The second-order valence-electron chi connectivity index (χ2n) is 4.58. The fraction of sp³-hybridized carbons (Fsp3) is 0.400. The van der Waals surface area contributed by atoms with Gasteiger partial charge in [-0.25, -0.2) is 4.79 Å². The Bertz CT molecular complexity index is 473. The molecule has 1 heterocycles. The zero-order valence-electron chi connectivity index (χ0n) is 11.0. The van der Waals surface area contributed by atoms with E-state index in [4.69, 9.17) is 14.6 Å². The standard InChI is InChI=1S/C15H18O4/c1-11(10-14(16)17)12-6-2-3-7-13(12)19-15-8-4-5-9-18-15/h2-3,6-7,10,15H,4-5,8-9H2,1H3,(H,16,17). The minimum absolute atomic E-state index is 0.229. The van der Waals surface area contributed by atoms with E-state index in [1.807, 2.05) is 24.3 Å². The molecular weight excluding hydrogens is 244 g/mol. The number of para-hydroxylation sites is 1. The molecule has 0 bridgehead atoms. The Morgan fingerprint density at radius 3 is 2.89 bits per heavy atom. The summed E-state index contributed by atoms with van der Waals surface area (Å²) in [6.07, 6.45) is 3.99. The molecule has 0 aliphatic carbocycles. The van der Waals surface area contributed by atoms with Gasteiger partial charge in [-0.15, -0.1) is 0 Å². The van der Waals surface area contributed by atoms with Gasteiger partial charge in [-0.3, -0.25) is 0 Å². The summed E-state index contributed by atoms with van der Waals surface area (Å²) in [6, 6.07) is 7.43. The summed E-state index contributed by atoms with van der Waals surface area (Å²) >= 11 is 0. The van der Waals surface area contributed by atoms with Gasteiger partial charge < -0.3 is 14.6 Å². The van der Waals surface area contributed by atoms with E-state index < -0.39 is 5.97 Å². The molecule has 1 fully saturated rings. The van der Waals surface area contributed by atoms with Crippen molar-refractivity contribution < 1.29 is 19.4 Å². The number of carbonyl (C=O) groups is 1. The van der Waals surface area contributed by atoms with E-state index in [2.05, 4.69) is 0 Å². The highest BCUT2D eigenvalue weighted by atomic mass is 16.7. The molecule has 2 rings (SSSR count). The molecule has 1 unspecified atom stereocenters. The van der Waals surface area contributed by atoms with Gasteiger partial charge in [0, 0.05) is 18.1 Å². The van der Waals surface area contributed by atoms with Crippen LogP contribution in [0.2, 0.25) is 0 Å². The van der Waals surface area contributed by atoms with Crippen molar-refractivity contribution in [3.63, 3.8) is 0 Å². The third kappa shape index (κ3) is 3.83. The normalized spacial score (nSPS) is 20.1. The van der Waals surface area contributed by atoms with Crippen molar-refractivity contribution in [1.82, 2.24) is 0 Å². The summed E-state index contributed by atoms with van der Waals surface area (Å²) in [5.41, 5.74) is 1.46. The van der Waals surface area contributed by atoms with Gasteiger partial charge in [0.25, 0.3) is 0 Å². The van der Waals surface area contributed by atoms with E-state index in [1.54, 1.807) is 6.92 Å². The third-order valence-corrected chi connectivity index (χ3v) is 3.05. The highest BCUT2D eigenvalue weighted by molar-refractivity contribution is 5.90. The van der Waals surface area contributed by atoms with E-state index >= 15 is 0 Å². The van der Waals surface area contributed by atoms with E-state index in [0.29, 0.717) is 11.3 Å². The zero-order valence-corrected chi connectivity index (χ0v) is 11.0. The van der Waals surface area contributed by atoms with Gasteiger partial charge in [-0.05, 0) is 31.4 Å². The van der Waals surface area contributed by atoms with Crippen molar-refractivity contribution in [1.29, 1.82) is 0 Å². The second-order valence-corrected chi connectivity index (χ2v) is 4.58. The molecule has 4 nitrogen and oxygen atoms in total. The third-order valence-electron chi connectivity index (χ3n) is 3.05. The molecule has 1 aliphatic heterocycles. The van der Waals surface area contributed by atoms with Gasteiger partial charge in [0.15, 0.2) is 6.29 Å². The van der Waals surface area contributed by atoms with E-state index in [-0.39, 0.29) is 6.29 Å². The van der Waals surface area contributed by atoms with Crippen molar-refractivity contribution in [2.24, 2.45) is 0 Å². The van der Waals surface area contributed by atoms with Crippen LogP contribution in [0, 0.1) is 0 Å². The maximum Gasteiger partial charge on any atom is 0.328 e.